The quantitative estimate of drug-likeness (QED) is 0.435. The van der Waals surface area contributed by atoms with Gasteiger partial charge in [0.1, 0.15) is 5.82 Å². The molecule has 0 aliphatic rings. The molecule has 0 saturated heterocycles. The van der Waals surface area contributed by atoms with E-state index in [1.165, 1.54) is 22.9 Å². The molecule has 0 saturated carbocycles. The zero-order chi connectivity index (χ0) is 22.8. The van der Waals surface area contributed by atoms with Crippen molar-refractivity contribution in [3.8, 4) is 5.82 Å². The lowest BCUT2D eigenvalue weighted by Gasteiger charge is -2.11. The lowest BCUT2D eigenvalue weighted by atomic mass is 10.1. The molecule has 5 aromatic rings. The van der Waals surface area contributed by atoms with E-state index in [1.807, 2.05) is 30.3 Å². The maximum atomic E-state index is 13.8. The van der Waals surface area contributed by atoms with Gasteiger partial charge in [0.05, 0.1) is 12.1 Å². The number of carbonyl (C=O) groups excluding carboxylic acids is 1. The Bertz CT molecular complexity index is 1520. The summed E-state index contributed by atoms with van der Waals surface area (Å²) >= 11 is 0. The lowest BCUT2D eigenvalue weighted by Crippen LogP contribution is -2.24. The van der Waals surface area contributed by atoms with Gasteiger partial charge in [0.25, 0.3) is 11.5 Å². The van der Waals surface area contributed by atoms with Crippen LogP contribution < -0.4 is 10.9 Å². The molecular weight excluding hydrogens is 419 g/mol. The molecule has 0 atom stereocenters. The largest absolute Gasteiger partial charge is 0.322 e. The summed E-state index contributed by atoms with van der Waals surface area (Å²) in [6.07, 6.45) is 1.79. The number of fused-ring (bicyclic) bond motifs is 1. The number of hydrogen-bond acceptors (Lipinski definition) is 3. The van der Waals surface area contributed by atoms with Gasteiger partial charge in [-0.05, 0) is 60.2 Å². The minimum Gasteiger partial charge on any atom is -0.322 e. The van der Waals surface area contributed by atoms with Crippen molar-refractivity contribution in [2.24, 2.45) is 0 Å². The Labute approximate surface area is 188 Å². The second-order valence-corrected chi connectivity index (χ2v) is 7.60. The number of hydrogen-bond donors (Lipinski definition) is 1. The number of halogens is 1. The zero-order valence-corrected chi connectivity index (χ0v) is 17.5. The molecule has 0 aliphatic carbocycles. The molecule has 6 nitrogen and oxygen atoms in total. The van der Waals surface area contributed by atoms with Gasteiger partial charge in [-0.15, -0.1) is 0 Å². The van der Waals surface area contributed by atoms with E-state index in [1.54, 1.807) is 53.2 Å². The second-order valence-electron chi connectivity index (χ2n) is 7.60. The molecule has 0 fully saturated rings. The van der Waals surface area contributed by atoms with Crippen molar-refractivity contribution >= 4 is 22.5 Å². The highest BCUT2D eigenvalue weighted by Crippen LogP contribution is 2.20. The number of amides is 1. The maximum Gasteiger partial charge on any atom is 0.267 e. The maximum absolute atomic E-state index is 13.8. The summed E-state index contributed by atoms with van der Waals surface area (Å²) in [4.78, 5) is 24.9. The fraction of sp³-hybridized carbons (Fsp3) is 0.0385. The highest BCUT2D eigenvalue weighted by atomic mass is 19.1. The van der Waals surface area contributed by atoms with Crippen LogP contribution in [-0.4, -0.2) is 20.3 Å². The van der Waals surface area contributed by atoms with E-state index in [9.17, 15) is 14.0 Å². The van der Waals surface area contributed by atoms with E-state index < -0.39 is 0 Å². The Hall–Kier alpha value is -4.52. The van der Waals surface area contributed by atoms with Crippen molar-refractivity contribution < 1.29 is 9.18 Å². The number of rotatable bonds is 5. The Morgan fingerprint density at radius 2 is 1.76 bits per heavy atom. The molecular formula is C26H19FN4O2. The van der Waals surface area contributed by atoms with Crippen LogP contribution >= 0.6 is 0 Å². The van der Waals surface area contributed by atoms with Crippen LogP contribution in [0.4, 0.5) is 10.1 Å². The molecule has 0 spiro atoms. The van der Waals surface area contributed by atoms with Gasteiger partial charge in [0.15, 0.2) is 5.82 Å². The van der Waals surface area contributed by atoms with Crippen molar-refractivity contribution in [3.63, 3.8) is 0 Å². The molecule has 33 heavy (non-hydrogen) atoms. The van der Waals surface area contributed by atoms with Crippen LogP contribution in [0.25, 0.3) is 16.7 Å². The van der Waals surface area contributed by atoms with E-state index in [2.05, 4.69) is 10.4 Å². The van der Waals surface area contributed by atoms with E-state index in [4.69, 9.17) is 0 Å². The molecule has 5 rings (SSSR count). The third-order valence-corrected chi connectivity index (χ3v) is 5.31. The molecule has 162 valence electrons. The Morgan fingerprint density at radius 3 is 2.61 bits per heavy atom. The lowest BCUT2D eigenvalue weighted by molar-refractivity contribution is 0.102. The van der Waals surface area contributed by atoms with Gasteiger partial charge in [-0.3, -0.25) is 14.2 Å². The molecule has 3 aromatic carbocycles. The van der Waals surface area contributed by atoms with Gasteiger partial charge in [0.2, 0.25) is 0 Å². The summed E-state index contributed by atoms with van der Waals surface area (Å²) in [5.74, 6) is -0.0503. The summed E-state index contributed by atoms with van der Waals surface area (Å²) in [6.45, 7) is 0.218. The zero-order valence-electron chi connectivity index (χ0n) is 17.5. The molecule has 0 unspecified atom stereocenters. The SMILES string of the molecule is O=C(Nc1cccc(Cn2nc(-n3ccc4ccc(F)cc43)ccc2=O)c1)c1ccccc1. The van der Waals surface area contributed by atoms with Crippen LogP contribution in [0.1, 0.15) is 15.9 Å². The normalized spacial score (nSPS) is 10.9. The molecule has 0 aliphatic heterocycles. The smallest absolute Gasteiger partial charge is 0.267 e. The predicted octanol–water partition coefficient (Wildman–Crippen LogP) is 4.63. The Kier molecular flexibility index (Phi) is 5.28. The average molecular weight is 438 g/mol. The van der Waals surface area contributed by atoms with E-state index in [-0.39, 0.29) is 23.8 Å². The molecule has 2 heterocycles. The standard InChI is InChI=1S/C26H19FN4O2/c27-21-10-9-19-13-14-30(23(19)16-21)24-11-12-25(32)31(29-24)17-18-5-4-8-22(15-18)28-26(33)20-6-2-1-3-7-20/h1-16H,17H2,(H,28,33). The van der Waals surface area contributed by atoms with Crippen LogP contribution in [0.2, 0.25) is 0 Å². The highest BCUT2D eigenvalue weighted by molar-refractivity contribution is 6.04. The first kappa shape index (κ1) is 20.4. The predicted molar refractivity (Wildman–Crippen MR) is 125 cm³/mol. The summed E-state index contributed by atoms with van der Waals surface area (Å²) < 4.78 is 16.8. The minimum absolute atomic E-state index is 0.211. The van der Waals surface area contributed by atoms with Gasteiger partial charge in [-0.2, -0.15) is 5.10 Å². The number of benzene rings is 3. The van der Waals surface area contributed by atoms with Crippen molar-refractivity contribution in [1.82, 2.24) is 14.3 Å². The molecule has 0 bridgehead atoms. The molecule has 2 aromatic heterocycles. The highest BCUT2D eigenvalue weighted by Gasteiger charge is 2.09. The van der Waals surface area contributed by atoms with Crippen LogP contribution in [0, 0.1) is 5.82 Å². The van der Waals surface area contributed by atoms with E-state index in [0.29, 0.717) is 22.6 Å². The van der Waals surface area contributed by atoms with Gasteiger partial charge >= 0.3 is 0 Å². The number of aromatic nitrogens is 3. The first-order chi connectivity index (χ1) is 16.1. The first-order valence-corrected chi connectivity index (χ1v) is 10.4. The monoisotopic (exact) mass is 438 g/mol. The van der Waals surface area contributed by atoms with Crippen LogP contribution in [0.3, 0.4) is 0 Å². The third kappa shape index (κ3) is 4.29. The second kappa shape index (κ2) is 8.55. The fourth-order valence-electron chi connectivity index (χ4n) is 3.69. The van der Waals surface area contributed by atoms with Crippen molar-refractivity contribution in [2.45, 2.75) is 6.54 Å². The average Bonchev–Trinajstić information content (AvgIpc) is 3.24. The van der Waals surface area contributed by atoms with Crippen LogP contribution in [0.5, 0.6) is 0 Å². The summed E-state index contributed by atoms with van der Waals surface area (Å²) in [5, 5.41) is 8.23. The van der Waals surface area contributed by atoms with Crippen molar-refractivity contribution in [2.75, 3.05) is 5.32 Å². The number of nitrogens with zero attached hydrogens (tertiary/aromatic N) is 3. The summed E-state index contributed by atoms with van der Waals surface area (Å²) in [6, 6.07) is 25.7. The van der Waals surface area contributed by atoms with Crippen LogP contribution in [0.15, 0.2) is 102 Å². The molecule has 1 amide bonds. The van der Waals surface area contributed by atoms with E-state index in [0.717, 1.165) is 10.9 Å². The van der Waals surface area contributed by atoms with Crippen molar-refractivity contribution in [1.29, 1.82) is 0 Å². The van der Waals surface area contributed by atoms with Gasteiger partial charge in [0, 0.05) is 28.9 Å². The van der Waals surface area contributed by atoms with Crippen molar-refractivity contribution in [3.05, 3.63) is 124 Å². The van der Waals surface area contributed by atoms with Gasteiger partial charge in [-0.25, -0.2) is 9.07 Å². The first-order valence-electron chi connectivity index (χ1n) is 10.4. The van der Waals surface area contributed by atoms with Gasteiger partial charge < -0.3 is 5.32 Å². The third-order valence-electron chi connectivity index (χ3n) is 5.31. The Morgan fingerprint density at radius 1 is 0.909 bits per heavy atom. The number of nitrogens with one attached hydrogen (secondary N) is 1. The summed E-state index contributed by atoms with van der Waals surface area (Å²) in [7, 11) is 0. The number of carbonyl (C=O) groups is 1. The molecule has 7 heteroatoms. The summed E-state index contributed by atoms with van der Waals surface area (Å²) in [5.41, 5.74) is 2.38. The van der Waals surface area contributed by atoms with Gasteiger partial charge in [-0.1, -0.05) is 30.3 Å². The Balaban J connectivity index is 1.42. The molecule has 0 radical (unpaired) electrons. The van der Waals surface area contributed by atoms with E-state index >= 15 is 0 Å². The number of anilines is 1. The fourth-order valence-corrected chi connectivity index (χ4v) is 3.69. The molecule has 1 N–H and O–H groups in total. The topological polar surface area (TPSA) is 68.9 Å². The van der Waals surface area contributed by atoms with Crippen LogP contribution in [-0.2, 0) is 6.54 Å². The minimum atomic E-state index is -0.342.